The molecule has 2 aromatic rings. The first-order chi connectivity index (χ1) is 9.06. The number of hydrogen-bond donors (Lipinski definition) is 2. The number of rotatable bonds is 3. The van der Waals surface area contributed by atoms with Crippen LogP contribution in [-0.2, 0) is 6.54 Å². The average Bonchev–Trinajstić information content (AvgIpc) is 2.37. The second kappa shape index (κ2) is 5.89. The zero-order valence-electron chi connectivity index (χ0n) is 10.5. The van der Waals surface area contributed by atoms with Crippen molar-refractivity contribution in [2.75, 3.05) is 0 Å². The van der Waals surface area contributed by atoms with Crippen LogP contribution in [0.4, 0.5) is 0 Å². The van der Waals surface area contributed by atoms with Crippen LogP contribution < -0.4 is 5.32 Å². The number of phenols is 1. The van der Waals surface area contributed by atoms with Crippen molar-refractivity contribution in [1.29, 1.82) is 0 Å². The van der Waals surface area contributed by atoms with Crippen LogP contribution in [0.3, 0.4) is 0 Å². The number of amides is 1. The van der Waals surface area contributed by atoms with Gasteiger partial charge in [0.05, 0.1) is 5.56 Å². The van der Waals surface area contributed by atoms with Crippen molar-refractivity contribution in [2.45, 2.75) is 13.5 Å². The fraction of sp³-hybridized carbons (Fsp3) is 0.133. The first-order valence-electron chi connectivity index (χ1n) is 5.88. The molecule has 0 aromatic heterocycles. The zero-order valence-corrected chi connectivity index (χ0v) is 12.1. The molecular formula is C15H14BrNO2. The van der Waals surface area contributed by atoms with Gasteiger partial charge in [0.1, 0.15) is 5.75 Å². The smallest absolute Gasteiger partial charge is 0.252 e. The van der Waals surface area contributed by atoms with Crippen LogP contribution in [0.2, 0.25) is 0 Å². The van der Waals surface area contributed by atoms with Gasteiger partial charge in [-0.1, -0.05) is 18.2 Å². The van der Waals surface area contributed by atoms with E-state index in [-0.39, 0.29) is 11.7 Å². The summed E-state index contributed by atoms with van der Waals surface area (Å²) < 4.78 is 0.788. The molecule has 0 aliphatic heterocycles. The lowest BCUT2D eigenvalue weighted by Crippen LogP contribution is -2.23. The summed E-state index contributed by atoms with van der Waals surface area (Å²) in [6.45, 7) is 2.41. The maximum absolute atomic E-state index is 12.0. The molecule has 1 amide bonds. The van der Waals surface area contributed by atoms with Crippen molar-refractivity contribution in [3.8, 4) is 5.75 Å². The number of benzene rings is 2. The third-order valence-electron chi connectivity index (χ3n) is 2.76. The quantitative estimate of drug-likeness (QED) is 0.911. The Balaban J connectivity index is 2.03. The third-order valence-corrected chi connectivity index (χ3v) is 3.41. The Morgan fingerprint density at radius 1 is 1.21 bits per heavy atom. The Hall–Kier alpha value is -1.81. The van der Waals surface area contributed by atoms with Gasteiger partial charge in [0, 0.05) is 11.0 Å². The molecule has 2 aromatic carbocycles. The molecule has 0 atom stereocenters. The number of carbonyl (C=O) groups excluding carboxylic acids is 1. The van der Waals surface area contributed by atoms with Crippen molar-refractivity contribution >= 4 is 21.8 Å². The van der Waals surface area contributed by atoms with Gasteiger partial charge in [0.25, 0.3) is 5.91 Å². The number of phenolic OH excluding ortho intramolecular Hbond substituents is 1. The lowest BCUT2D eigenvalue weighted by molar-refractivity contribution is 0.0950. The molecule has 2 N–H and O–H groups in total. The van der Waals surface area contributed by atoms with E-state index in [4.69, 9.17) is 0 Å². The van der Waals surface area contributed by atoms with Crippen LogP contribution in [0.25, 0.3) is 0 Å². The van der Waals surface area contributed by atoms with Crippen molar-refractivity contribution in [2.24, 2.45) is 0 Å². The van der Waals surface area contributed by atoms with Crippen LogP contribution in [0, 0.1) is 6.92 Å². The minimum absolute atomic E-state index is 0.125. The lowest BCUT2D eigenvalue weighted by atomic mass is 10.1. The summed E-state index contributed by atoms with van der Waals surface area (Å²) in [5.74, 6) is 0.0938. The molecule has 0 saturated heterocycles. The highest BCUT2D eigenvalue weighted by molar-refractivity contribution is 9.10. The molecule has 0 unspecified atom stereocenters. The molecule has 98 valence electrons. The van der Waals surface area contributed by atoms with Crippen molar-refractivity contribution in [3.05, 3.63) is 63.6 Å². The van der Waals surface area contributed by atoms with Crippen LogP contribution in [-0.4, -0.2) is 11.0 Å². The van der Waals surface area contributed by atoms with E-state index in [0.717, 1.165) is 15.6 Å². The monoisotopic (exact) mass is 319 g/mol. The fourth-order valence-corrected chi connectivity index (χ4v) is 2.37. The molecule has 0 fully saturated rings. The minimum Gasteiger partial charge on any atom is -0.508 e. The van der Waals surface area contributed by atoms with Gasteiger partial charge >= 0.3 is 0 Å². The number of halogens is 1. The van der Waals surface area contributed by atoms with Crippen LogP contribution >= 0.6 is 15.9 Å². The van der Waals surface area contributed by atoms with Crippen molar-refractivity contribution in [3.63, 3.8) is 0 Å². The van der Waals surface area contributed by atoms with E-state index in [1.54, 1.807) is 30.3 Å². The standard InChI is InChI=1S/C15H14BrNO2/c1-10-2-7-13(14(16)8-10)15(19)17-9-11-3-5-12(18)6-4-11/h2-8,18H,9H2,1H3,(H,17,19). The van der Waals surface area contributed by atoms with Gasteiger partial charge in [-0.15, -0.1) is 0 Å². The van der Waals surface area contributed by atoms with Gasteiger partial charge in [-0.2, -0.15) is 0 Å². The first-order valence-corrected chi connectivity index (χ1v) is 6.68. The highest BCUT2D eigenvalue weighted by atomic mass is 79.9. The predicted octanol–water partition coefficient (Wildman–Crippen LogP) is 3.39. The summed E-state index contributed by atoms with van der Waals surface area (Å²) in [6.07, 6.45) is 0. The van der Waals surface area contributed by atoms with Gasteiger partial charge in [-0.25, -0.2) is 0 Å². The number of aryl methyl sites for hydroxylation is 1. The third kappa shape index (κ3) is 3.58. The van der Waals surface area contributed by atoms with E-state index < -0.39 is 0 Å². The van der Waals surface area contributed by atoms with Crippen LogP contribution in [0.5, 0.6) is 5.75 Å². The van der Waals surface area contributed by atoms with E-state index in [0.29, 0.717) is 12.1 Å². The largest absolute Gasteiger partial charge is 0.508 e. The molecule has 0 radical (unpaired) electrons. The van der Waals surface area contributed by atoms with Crippen molar-refractivity contribution in [1.82, 2.24) is 5.32 Å². The van der Waals surface area contributed by atoms with Gasteiger partial charge in [0.15, 0.2) is 0 Å². The molecule has 2 rings (SSSR count). The highest BCUT2D eigenvalue weighted by Crippen LogP contribution is 2.18. The number of nitrogens with one attached hydrogen (secondary N) is 1. The molecule has 0 bridgehead atoms. The van der Waals surface area contributed by atoms with Crippen molar-refractivity contribution < 1.29 is 9.90 Å². The second-order valence-electron chi connectivity index (χ2n) is 4.33. The van der Waals surface area contributed by atoms with E-state index in [1.165, 1.54) is 0 Å². The fourth-order valence-electron chi connectivity index (χ4n) is 1.70. The van der Waals surface area contributed by atoms with E-state index >= 15 is 0 Å². The molecule has 0 heterocycles. The Morgan fingerprint density at radius 3 is 2.53 bits per heavy atom. The highest BCUT2D eigenvalue weighted by Gasteiger charge is 2.09. The van der Waals surface area contributed by atoms with Gasteiger partial charge in [-0.05, 0) is 58.2 Å². The average molecular weight is 320 g/mol. The molecule has 0 saturated carbocycles. The zero-order chi connectivity index (χ0) is 13.8. The Kier molecular flexibility index (Phi) is 4.22. The molecule has 3 nitrogen and oxygen atoms in total. The number of aromatic hydroxyl groups is 1. The van der Waals surface area contributed by atoms with E-state index in [1.807, 2.05) is 19.1 Å². The van der Waals surface area contributed by atoms with Gasteiger partial charge in [0.2, 0.25) is 0 Å². The minimum atomic E-state index is -0.125. The normalized spacial score (nSPS) is 10.2. The summed E-state index contributed by atoms with van der Waals surface area (Å²) in [5.41, 5.74) is 2.65. The Labute approximate surface area is 120 Å². The number of hydrogen-bond acceptors (Lipinski definition) is 2. The molecule has 0 aliphatic carbocycles. The SMILES string of the molecule is Cc1ccc(C(=O)NCc2ccc(O)cc2)c(Br)c1. The van der Waals surface area contributed by atoms with Crippen LogP contribution in [0.15, 0.2) is 46.9 Å². The lowest BCUT2D eigenvalue weighted by Gasteiger charge is -2.07. The summed E-state index contributed by atoms with van der Waals surface area (Å²) in [7, 11) is 0. The maximum Gasteiger partial charge on any atom is 0.252 e. The van der Waals surface area contributed by atoms with E-state index in [9.17, 15) is 9.90 Å². The van der Waals surface area contributed by atoms with Gasteiger partial charge < -0.3 is 10.4 Å². The molecule has 19 heavy (non-hydrogen) atoms. The molecule has 4 heteroatoms. The van der Waals surface area contributed by atoms with E-state index in [2.05, 4.69) is 21.2 Å². The predicted molar refractivity (Wildman–Crippen MR) is 78.2 cm³/mol. The summed E-state index contributed by atoms with van der Waals surface area (Å²) in [6, 6.07) is 12.4. The summed E-state index contributed by atoms with van der Waals surface area (Å²) in [4.78, 5) is 12.0. The molecule has 0 aliphatic rings. The van der Waals surface area contributed by atoms with Gasteiger partial charge in [-0.3, -0.25) is 4.79 Å². The second-order valence-corrected chi connectivity index (χ2v) is 5.19. The maximum atomic E-state index is 12.0. The number of carbonyl (C=O) groups is 1. The molecule has 0 spiro atoms. The summed E-state index contributed by atoms with van der Waals surface area (Å²) in [5, 5.41) is 12.0. The first kappa shape index (κ1) is 13.6. The Morgan fingerprint density at radius 2 is 1.89 bits per heavy atom. The van der Waals surface area contributed by atoms with Crippen LogP contribution in [0.1, 0.15) is 21.5 Å². The summed E-state index contributed by atoms with van der Waals surface area (Å²) >= 11 is 3.39. The topological polar surface area (TPSA) is 49.3 Å². The molecular weight excluding hydrogens is 306 g/mol. The Bertz CT molecular complexity index is 594.